The summed E-state index contributed by atoms with van der Waals surface area (Å²) >= 11 is 1.53. The van der Waals surface area contributed by atoms with Gasteiger partial charge in [-0.15, -0.1) is 11.3 Å². The zero-order valence-electron chi connectivity index (χ0n) is 13.5. The molecule has 1 aromatic rings. The van der Waals surface area contributed by atoms with Crippen LogP contribution >= 0.6 is 11.3 Å². The summed E-state index contributed by atoms with van der Waals surface area (Å²) in [6.07, 6.45) is 7.74. The standard InChI is InChI=1S/C17H26N2O2S/c1-3-4-5-6-7-14(20)19-17-15(16(18)21)12-9-8-11(2)10-13(12)22-17/h11H,3-10H2,1-2H3,(H2,18,21)(H,19,20). The molecule has 5 heteroatoms. The fourth-order valence-electron chi connectivity index (χ4n) is 3.00. The van der Waals surface area contributed by atoms with Gasteiger partial charge in [0, 0.05) is 11.3 Å². The Morgan fingerprint density at radius 2 is 2.09 bits per heavy atom. The lowest BCUT2D eigenvalue weighted by atomic mass is 9.88. The summed E-state index contributed by atoms with van der Waals surface area (Å²) in [5, 5.41) is 3.58. The fraction of sp³-hybridized carbons (Fsp3) is 0.647. The van der Waals surface area contributed by atoms with E-state index < -0.39 is 5.91 Å². The molecule has 1 aliphatic rings. The van der Waals surface area contributed by atoms with Crippen LogP contribution in [-0.4, -0.2) is 11.8 Å². The lowest BCUT2D eigenvalue weighted by Crippen LogP contribution is -2.19. The normalized spacial score (nSPS) is 17.1. The molecule has 0 radical (unpaired) electrons. The van der Waals surface area contributed by atoms with Gasteiger partial charge in [0.1, 0.15) is 5.00 Å². The van der Waals surface area contributed by atoms with Gasteiger partial charge in [0.15, 0.2) is 0 Å². The van der Waals surface area contributed by atoms with Crippen molar-refractivity contribution in [3.63, 3.8) is 0 Å². The highest BCUT2D eigenvalue weighted by atomic mass is 32.1. The second-order valence-corrected chi connectivity index (χ2v) is 7.38. The highest BCUT2D eigenvalue weighted by Gasteiger charge is 2.27. The number of rotatable bonds is 7. The van der Waals surface area contributed by atoms with Crippen LogP contribution in [0.25, 0.3) is 0 Å². The molecule has 0 spiro atoms. The summed E-state index contributed by atoms with van der Waals surface area (Å²) in [5.74, 6) is 0.197. The van der Waals surface area contributed by atoms with Gasteiger partial charge < -0.3 is 11.1 Å². The first kappa shape index (κ1) is 17.0. The Morgan fingerprint density at radius 3 is 2.77 bits per heavy atom. The monoisotopic (exact) mass is 322 g/mol. The molecule has 0 aliphatic heterocycles. The second kappa shape index (κ2) is 7.77. The number of carbonyl (C=O) groups excluding carboxylic acids is 2. The number of nitrogens with two attached hydrogens (primary N) is 1. The van der Waals surface area contributed by atoms with Crippen molar-refractivity contribution in [3.8, 4) is 0 Å². The quantitative estimate of drug-likeness (QED) is 0.748. The Kier molecular flexibility index (Phi) is 6.00. The molecule has 1 unspecified atom stereocenters. The summed E-state index contributed by atoms with van der Waals surface area (Å²) in [5.41, 5.74) is 7.17. The van der Waals surface area contributed by atoms with Gasteiger partial charge >= 0.3 is 0 Å². The van der Waals surface area contributed by atoms with Crippen LogP contribution in [0.3, 0.4) is 0 Å². The zero-order chi connectivity index (χ0) is 16.1. The number of hydrogen-bond donors (Lipinski definition) is 2. The van der Waals surface area contributed by atoms with Gasteiger partial charge in [-0.05, 0) is 37.2 Å². The van der Waals surface area contributed by atoms with Gasteiger partial charge in [0.2, 0.25) is 5.91 Å². The van der Waals surface area contributed by atoms with Crippen LogP contribution in [0.2, 0.25) is 0 Å². The highest BCUT2D eigenvalue weighted by Crippen LogP contribution is 2.39. The van der Waals surface area contributed by atoms with E-state index in [9.17, 15) is 9.59 Å². The molecule has 0 bridgehead atoms. The van der Waals surface area contributed by atoms with Crippen LogP contribution in [0.4, 0.5) is 5.00 Å². The predicted octanol–water partition coefficient (Wildman–Crippen LogP) is 3.88. The van der Waals surface area contributed by atoms with Crippen molar-refractivity contribution in [2.75, 3.05) is 5.32 Å². The number of hydrogen-bond acceptors (Lipinski definition) is 3. The number of carbonyl (C=O) groups is 2. The molecule has 4 nitrogen and oxygen atoms in total. The van der Waals surface area contributed by atoms with Crippen molar-refractivity contribution < 1.29 is 9.59 Å². The van der Waals surface area contributed by atoms with E-state index in [1.165, 1.54) is 16.2 Å². The van der Waals surface area contributed by atoms with Crippen LogP contribution in [0.15, 0.2) is 0 Å². The first-order chi connectivity index (χ1) is 10.5. The number of anilines is 1. The fourth-order valence-corrected chi connectivity index (χ4v) is 4.43. The molecule has 3 N–H and O–H groups in total. The average Bonchev–Trinajstić information content (AvgIpc) is 2.80. The third-order valence-corrected chi connectivity index (χ3v) is 5.44. The molecule has 22 heavy (non-hydrogen) atoms. The van der Waals surface area contributed by atoms with E-state index in [0.717, 1.165) is 50.5 Å². The van der Waals surface area contributed by atoms with E-state index in [-0.39, 0.29) is 5.91 Å². The van der Waals surface area contributed by atoms with E-state index in [4.69, 9.17) is 5.73 Å². The third-order valence-electron chi connectivity index (χ3n) is 4.27. The number of unbranched alkanes of at least 4 members (excludes halogenated alkanes) is 3. The number of nitrogens with one attached hydrogen (secondary N) is 1. The Hall–Kier alpha value is -1.36. The molecular weight excluding hydrogens is 296 g/mol. The van der Waals surface area contributed by atoms with Gasteiger partial charge in [-0.25, -0.2) is 0 Å². The Bertz CT molecular complexity index is 551. The first-order valence-electron chi connectivity index (χ1n) is 8.27. The van der Waals surface area contributed by atoms with Gasteiger partial charge in [-0.1, -0.05) is 33.1 Å². The summed E-state index contributed by atoms with van der Waals surface area (Å²) in [6, 6.07) is 0. The van der Waals surface area contributed by atoms with Crippen molar-refractivity contribution >= 4 is 28.2 Å². The molecule has 0 fully saturated rings. The molecule has 1 aromatic heterocycles. The maximum Gasteiger partial charge on any atom is 0.251 e. The van der Waals surface area contributed by atoms with Crippen molar-refractivity contribution in [1.29, 1.82) is 0 Å². The summed E-state index contributed by atoms with van der Waals surface area (Å²) < 4.78 is 0. The average molecular weight is 322 g/mol. The van der Waals surface area contributed by atoms with Gasteiger partial charge in [-0.2, -0.15) is 0 Å². The first-order valence-corrected chi connectivity index (χ1v) is 9.08. The summed E-state index contributed by atoms with van der Waals surface area (Å²) in [4.78, 5) is 25.1. The van der Waals surface area contributed by atoms with Crippen molar-refractivity contribution in [2.45, 2.75) is 65.2 Å². The van der Waals surface area contributed by atoms with Gasteiger partial charge in [-0.3, -0.25) is 9.59 Å². The van der Waals surface area contributed by atoms with Crippen LogP contribution in [0.5, 0.6) is 0 Å². The molecule has 122 valence electrons. The molecule has 0 aromatic carbocycles. The molecule has 0 saturated carbocycles. The Balaban J connectivity index is 2.07. The topological polar surface area (TPSA) is 72.2 Å². The van der Waals surface area contributed by atoms with Gasteiger partial charge in [0.05, 0.1) is 5.56 Å². The predicted molar refractivity (Wildman–Crippen MR) is 91.4 cm³/mol. The molecule has 1 atom stereocenters. The van der Waals surface area contributed by atoms with E-state index >= 15 is 0 Å². The number of amides is 2. The Morgan fingerprint density at radius 1 is 1.32 bits per heavy atom. The lowest BCUT2D eigenvalue weighted by molar-refractivity contribution is -0.116. The van der Waals surface area contributed by atoms with Crippen LogP contribution in [0.1, 0.15) is 73.2 Å². The maximum atomic E-state index is 12.1. The molecular formula is C17H26N2O2S. The summed E-state index contributed by atoms with van der Waals surface area (Å²) in [7, 11) is 0. The van der Waals surface area contributed by atoms with E-state index in [1.807, 2.05) is 0 Å². The highest BCUT2D eigenvalue weighted by molar-refractivity contribution is 7.17. The van der Waals surface area contributed by atoms with Crippen LogP contribution < -0.4 is 11.1 Å². The molecule has 1 heterocycles. The molecule has 2 amide bonds. The van der Waals surface area contributed by atoms with Crippen LogP contribution in [-0.2, 0) is 17.6 Å². The zero-order valence-corrected chi connectivity index (χ0v) is 14.4. The largest absolute Gasteiger partial charge is 0.365 e. The lowest BCUT2D eigenvalue weighted by Gasteiger charge is -2.18. The third kappa shape index (κ3) is 4.09. The second-order valence-electron chi connectivity index (χ2n) is 6.28. The maximum absolute atomic E-state index is 12.1. The summed E-state index contributed by atoms with van der Waals surface area (Å²) in [6.45, 7) is 4.37. The molecule has 2 rings (SSSR count). The number of primary amides is 1. The smallest absolute Gasteiger partial charge is 0.251 e. The van der Waals surface area contributed by atoms with Gasteiger partial charge in [0.25, 0.3) is 5.91 Å². The van der Waals surface area contributed by atoms with Crippen molar-refractivity contribution in [2.24, 2.45) is 11.7 Å². The van der Waals surface area contributed by atoms with Crippen LogP contribution in [0, 0.1) is 5.92 Å². The van der Waals surface area contributed by atoms with E-state index in [0.29, 0.717) is 22.9 Å². The molecule has 0 saturated heterocycles. The molecule has 1 aliphatic carbocycles. The van der Waals surface area contributed by atoms with E-state index in [1.54, 1.807) is 0 Å². The minimum absolute atomic E-state index is 0.00903. The number of thiophene rings is 1. The Labute approximate surface area is 136 Å². The minimum atomic E-state index is -0.423. The van der Waals surface area contributed by atoms with Crippen molar-refractivity contribution in [1.82, 2.24) is 0 Å². The minimum Gasteiger partial charge on any atom is -0.365 e. The van der Waals surface area contributed by atoms with E-state index in [2.05, 4.69) is 19.2 Å². The van der Waals surface area contributed by atoms with Crippen molar-refractivity contribution in [3.05, 3.63) is 16.0 Å². The SMILES string of the molecule is CCCCCCC(=O)Nc1sc2c(c1C(N)=O)CCC(C)C2. The number of fused-ring (bicyclic) bond motifs is 1.